The normalized spacial score (nSPS) is 13.0. The van der Waals surface area contributed by atoms with Gasteiger partial charge in [0, 0.05) is 10.7 Å². The summed E-state index contributed by atoms with van der Waals surface area (Å²) in [6.45, 7) is 6.00. The summed E-state index contributed by atoms with van der Waals surface area (Å²) < 4.78 is 2.75. The van der Waals surface area contributed by atoms with E-state index in [0.29, 0.717) is 5.92 Å². The van der Waals surface area contributed by atoms with Crippen LogP contribution in [-0.4, -0.2) is 14.9 Å². The van der Waals surface area contributed by atoms with E-state index in [1.165, 1.54) is 0 Å². The van der Waals surface area contributed by atoms with E-state index in [0.717, 1.165) is 21.4 Å². The van der Waals surface area contributed by atoms with E-state index < -0.39 is 6.10 Å². The summed E-state index contributed by atoms with van der Waals surface area (Å²) >= 11 is 3.48. The van der Waals surface area contributed by atoms with Crippen molar-refractivity contribution < 1.29 is 5.11 Å². The molecule has 0 bridgehead atoms. The maximum Gasteiger partial charge on any atom is 0.0772 e. The highest BCUT2D eigenvalue weighted by Crippen LogP contribution is 2.26. The Labute approximate surface area is 116 Å². The van der Waals surface area contributed by atoms with Crippen LogP contribution in [0.3, 0.4) is 0 Å². The van der Waals surface area contributed by atoms with Crippen LogP contribution in [0, 0.1) is 0 Å². The first-order valence-electron chi connectivity index (χ1n) is 6.02. The Kier molecular flexibility index (Phi) is 3.88. The Morgan fingerprint density at radius 2 is 1.94 bits per heavy atom. The topological polar surface area (TPSA) is 38.0 Å². The van der Waals surface area contributed by atoms with Gasteiger partial charge in [0.25, 0.3) is 0 Å². The molecule has 2 rings (SSSR count). The monoisotopic (exact) mass is 308 g/mol. The van der Waals surface area contributed by atoms with E-state index in [4.69, 9.17) is 0 Å². The zero-order chi connectivity index (χ0) is 13.3. The molecule has 0 aliphatic rings. The van der Waals surface area contributed by atoms with E-state index in [1.54, 1.807) is 6.92 Å². The third-order valence-electron chi connectivity index (χ3n) is 2.90. The van der Waals surface area contributed by atoms with Crippen LogP contribution in [0.1, 0.15) is 44.1 Å². The summed E-state index contributed by atoms with van der Waals surface area (Å²) in [7, 11) is 0. The Morgan fingerprint density at radius 1 is 1.22 bits per heavy atom. The lowest BCUT2D eigenvalue weighted by molar-refractivity contribution is 0.198. The van der Waals surface area contributed by atoms with Crippen LogP contribution in [0.5, 0.6) is 0 Å². The molecular weight excluding hydrogens is 292 g/mol. The van der Waals surface area contributed by atoms with Gasteiger partial charge in [-0.25, -0.2) is 4.68 Å². The molecule has 0 spiro atoms. The zero-order valence-corrected chi connectivity index (χ0v) is 12.3. The molecule has 1 aromatic heterocycles. The van der Waals surface area contributed by atoms with Crippen molar-refractivity contribution in [2.45, 2.75) is 32.8 Å². The maximum absolute atomic E-state index is 9.59. The van der Waals surface area contributed by atoms with Crippen LogP contribution in [-0.2, 0) is 0 Å². The minimum absolute atomic E-state index is 0.423. The summed E-state index contributed by atoms with van der Waals surface area (Å²) in [6, 6.07) is 7.88. The molecule has 0 unspecified atom stereocenters. The summed E-state index contributed by atoms with van der Waals surface area (Å²) in [5.74, 6) is 0.423. The van der Waals surface area contributed by atoms with Crippen LogP contribution in [0.25, 0.3) is 5.69 Å². The van der Waals surface area contributed by atoms with Crippen LogP contribution in [0.4, 0.5) is 0 Å². The number of aromatic nitrogens is 2. The smallest absolute Gasteiger partial charge is 0.0772 e. The molecule has 1 atom stereocenters. The first-order chi connectivity index (χ1) is 8.49. The first kappa shape index (κ1) is 13.3. The molecule has 1 N–H and O–H groups in total. The molecule has 0 saturated carbocycles. The van der Waals surface area contributed by atoms with Gasteiger partial charge in [0.1, 0.15) is 0 Å². The zero-order valence-electron chi connectivity index (χ0n) is 10.8. The average Bonchev–Trinajstić information content (AvgIpc) is 2.77. The van der Waals surface area contributed by atoms with Gasteiger partial charge in [0.05, 0.1) is 17.5 Å². The number of aliphatic hydroxyl groups excluding tert-OH is 1. The number of aliphatic hydroxyl groups is 1. The summed E-state index contributed by atoms with van der Waals surface area (Å²) in [5.41, 5.74) is 2.94. The van der Waals surface area contributed by atoms with Crippen molar-refractivity contribution in [2.75, 3.05) is 0 Å². The summed E-state index contributed by atoms with van der Waals surface area (Å²) in [6.07, 6.45) is 1.48. The van der Waals surface area contributed by atoms with Gasteiger partial charge in [-0.2, -0.15) is 5.10 Å². The van der Waals surface area contributed by atoms with Crippen LogP contribution >= 0.6 is 15.9 Å². The van der Waals surface area contributed by atoms with E-state index >= 15 is 0 Å². The van der Waals surface area contributed by atoms with Crippen LogP contribution in [0.2, 0.25) is 0 Å². The molecule has 3 nitrogen and oxygen atoms in total. The molecule has 0 aliphatic carbocycles. The van der Waals surface area contributed by atoms with Crippen molar-refractivity contribution in [3.05, 3.63) is 46.2 Å². The Balaban J connectivity index is 2.36. The molecule has 2 aromatic rings. The van der Waals surface area contributed by atoms with Crippen molar-refractivity contribution >= 4 is 15.9 Å². The number of benzene rings is 1. The molecule has 0 saturated heterocycles. The number of halogens is 1. The molecule has 96 valence electrons. The molecule has 0 amide bonds. The van der Waals surface area contributed by atoms with Crippen molar-refractivity contribution in [2.24, 2.45) is 0 Å². The molecule has 0 radical (unpaired) electrons. The standard InChI is InChI=1S/C14H17BrN2O/c1-9(2)14-6-7-17(16-14)11-4-5-12(10(3)18)13(15)8-11/h4-10,18H,1-3H3/t10-/m1/s1. The maximum atomic E-state index is 9.59. The van der Waals surface area contributed by atoms with Crippen molar-refractivity contribution in [3.63, 3.8) is 0 Å². The summed E-state index contributed by atoms with van der Waals surface area (Å²) in [4.78, 5) is 0. The lowest BCUT2D eigenvalue weighted by Gasteiger charge is -2.09. The molecule has 0 aliphatic heterocycles. The van der Waals surface area contributed by atoms with Gasteiger partial charge in [-0.15, -0.1) is 0 Å². The molecule has 1 aromatic carbocycles. The van der Waals surface area contributed by atoms with Crippen molar-refractivity contribution in [1.82, 2.24) is 9.78 Å². The third kappa shape index (κ3) is 2.65. The Bertz CT molecular complexity index is 546. The van der Waals surface area contributed by atoms with E-state index in [9.17, 15) is 5.11 Å². The second kappa shape index (κ2) is 5.24. The fourth-order valence-electron chi connectivity index (χ4n) is 1.79. The third-order valence-corrected chi connectivity index (χ3v) is 3.59. The van der Waals surface area contributed by atoms with Crippen molar-refractivity contribution in [3.8, 4) is 5.69 Å². The Morgan fingerprint density at radius 3 is 2.44 bits per heavy atom. The van der Waals surface area contributed by atoms with Gasteiger partial charge >= 0.3 is 0 Å². The van der Waals surface area contributed by atoms with Gasteiger partial charge in [0.2, 0.25) is 0 Å². The predicted molar refractivity (Wildman–Crippen MR) is 76.0 cm³/mol. The second-order valence-electron chi connectivity index (χ2n) is 4.72. The van der Waals surface area contributed by atoms with Gasteiger partial charge in [-0.1, -0.05) is 35.8 Å². The number of hydrogen-bond acceptors (Lipinski definition) is 2. The van der Waals surface area contributed by atoms with Gasteiger partial charge in [0.15, 0.2) is 0 Å². The molecule has 1 heterocycles. The number of rotatable bonds is 3. The van der Waals surface area contributed by atoms with Gasteiger partial charge in [-0.05, 0) is 36.6 Å². The van der Waals surface area contributed by atoms with E-state index in [1.807, 2.05) is 35.1 Å². The molecule has 18 heavy (non-hydrogen) atoms. The van der Waals surface area contributed by atoms with Crippen LogP contribution in [0.15, 0.2) is 34.9 Å². The predicted octanol–water partition coefficient (Wildman–Crippen LogP) is 3.81. The minimum atomic E-state index is -0.475. The largest absolute Gasteiger partial charge is 0.389 e. The highest BCUT2D eigenvalue weighted by molar-refractivity contribution is 9.10. The fraction of sp³-hybridized carbons (Fsp3) is 0.357. The average molecular weight is 309 g/mol. The number of hydrogen-bond donors (Lipinski definition) is 1. The summed E-state index contributed by atoms with van der Waals surface area (Å²) in [5, 5.41) is 14.1. The first-order valence-corrected chi connectivity index (χ1v) is 6.82. The number of nitrogens with zero attached hydrogens (tertiary/aromatic N) is 2. The van der Waals surface area contributed by atoms with Gasteiger partial charge < -0.3 is 5.11 Å². The SMILES string of the molecule is CC(C)c1ccn(-c2ccc([C@@H](C)O)c(Br)c2)n1. The highest BCUT2D eigenvalue weighted by Gasteiger charge is 2.09. The van der Waals surface area contributed by atoms with E-state index in [2.05, 4.69) is 34.9 Å². The Hall–Kier alpha value is -1.13. The highest BCUT2D eigenvalue weighted by atomic mass is 79.9. The van der Waals surface area contributed by atoms with Gasteiger partial charge in [-0.3, -0.25) is 0 Å². The molecule has 4 heteroatoms. The van der Waals surface area contributed by atoms with Crippen LogP contribution < -0.4 is 0 Å². The van der Waals surface area contributed by atoms with Crippen molar-refractivity contribution in [1.29, 1.82) is 0 Å². The lowest BCUT2D eigenvalue weighted by atomic mass is 10.1. The molecule has 0 fully saturated rings. The second-order valence-corrected chi connectivity index (χ2v) is 5.58. The minimum Gasteiger partial charge on any atom is -0.389 e. The quantitative estimate of drug-likeness (QED) is 0.936. The van der Waals surface area contributed by atoms with E-state index in [-0.39, 0.29) is 0 Å². The molecular formula is C14H17BrN2O. The lowest BCUT2D eigenvalue weighted by Crippen LogP contribution is -1.99. The fourth-order valence-corrected chi connectivity index (χ4v) is 2.49.